The van der Waals surface area contributed by atoms with Gasteiger partial charge in [-0.05, 0) is 60.1 Å². The first kappa shape index (κ1) is 19.8. The molecule has 1 fully saturated rings. The normalized spacial score (nSPS) is 22.2. The van der Waals surface area contributed by atoms with Crippen LogP contribution < -0.4 is 5.32 Å². The summed E-state index contributed by atoms with van der Waals surface area (Å²) in [7, 11) is 0. The lowest BCUT2D eigenvalue weighted by atomic mass is 9.71. The highest BCUT2D eigenvalue weighted by atomic mass is 16.1. The summed E-state index contributed by atoms with van der Waals surface area (Å²) in [5, 5.41) is 3.23. The molecular formula is C23H35NO. The van der Waals surface area contributed by atoms with Gasteiger partial charge in [-0.1, -0.05) is 65.8 Å². The van der Waals surface area contributed by atoms with Crippen LogP contribution in [-0.4, -0.2) is 11.9 Å². The number of hydrogen-bond donors (Lipinski definition) is 1. The smallest absolute Gasteiger partial charge is 0.251 e. The number of rotatable bonds is 3. The second-order valence-electron chi connectivity index (χ2n) is 9.71. The predicted molar refractivity (Wildman–Crippen MR) is 108 cm³/mol. The van der Waals surface area contributed by atoms with E-state index < -0.39 is 0 Å². The fourth-order valence-electron chi connectivity index (χ4n) is 3.46. The molecule has 0 unspecified atom stereocenters. The lowest BCUT2D eigenvalue weighted by Gasteiger charge is -2.37. The van der Waals surface area contributed by atoms with Crippen molar-refractivity contribution in [1.82, 2.24) is 5.32 Å². The first-order valence-electron chi connectivity index (χ1n) is 9.65. The number of nitrogens with one attached hydrogen (secondary N) is 1. The van der Waals surface area contributed by atoms with Gasteiger partial charge in [0.2, 0.25) is 0 Å². The topological polar surface area (TPSA) is 29.1 Å². The van der Waals surface area contributed by atoms with Crippen LogP contribution in [0.3, 0.4) is 0 Å². The van der Waals surface area contributed by atoms with E-state index in [2.05, 4.69) is 59.0 Å². The minimum Gasteiger partial charge on any atom is -0.349 e. The third kappa shape index (κ3) is 6.34. The minimum absolute atomic E-state index is 0.0607. The van der Waals surface area contributed by atoms with E-state index in [9.17, 15) is 4.79 Å². The zero-order valence-corrected chi connectivity index (χ0v) is 16.9. The van der Waals surface area contributed by atoms with Crippen molar-refractivity contribution >= 4 is 12.0 Å². The maximum atomic E-state index is 12.5. The highest BCUT2D eigenvalue weighted by Gasteiger charge is 2.30. The molecule has 0 bridgehead atoms. The number of hydrogen-bond acceptors (Lipinski definition) is 1. The molecule has 0 radical (unpaired) electrons. The lowest BCUT2D eigenvalue weighted by Crippen LogP contribution is -2.39. The van der Waals surface area contributed by atoms with Crippen LogP contribution in [0.2, 0.25) is 0 Å². The minimum atomic E-state index is 0.0607. The van der Waals surface area contributed by atoms with E-state index in [-0.39, 0.29) is 11.3 Å². The molecule has 0 spiro atoms. The van der Waals surface area contributed by atoms with Gasteiger partial charge in [-0.2, -0.15) is 0 Å². The zero-order chi connectivity index (χ0) is 18.7. The highest BCUT2D eigenvalue weighted by molar-refractivity contribution is 5.94. The van der Waals surface area contributed by atoms with E-state index in [4.69, 9.17) is 0 Å². The van der Waals surface area contributed by atoms with E-state index in [1.54, 1.807) is 0 Å². The molecule has 1 N–H and O–H groups in total. The van der Waals surface area contributed by atoms with Crippen LogP contribution in [0.25, 0.3) is 6.08 Å². The van der Waals surface area contributed by atoms with Crippen molar-refractivity contribution < 1.29 is 4.79 Å². The van der Waals surface area contributed by atoms with Crippen LogP contribution in [0.5, 0.6) is 0 Å². The molecular weight excluding hydrogens is 306 g/mol. The highest BCUT2D eigenvalue weighted by Crippen LogP contribution is 2.37. The van der Waals surface area contributed by atoms with Gasteiger partial charge in [-0.25, -0.2) is 0 Å². The average molecular weight is 342 g/mol. The van der Waals surface area contributed by atoms with Crippen molar-refractivity contribution in [3.63, 3.8) is 0 Å². The van der Waals surface area contributed by atoms with Crippen molar-refractivity contribution in [3.8, 4) is 0 Å². The standard InChI is InChI=1S/C23H35NO/c1-22(2,3)16-15-17-7-9-18(10-8-17)21(25)24-20-13-11-19(12-14-20)23(4,5)6/h7-10,15-16,19-20H,11-14H2,1-6H3,(H,24,25)/b16-15+. The van der Waals surface area contributed by atoms with Crippen LogP contribution in [0, 0.1) is 16.7 Å². The Morgan fingerprint density at radius 3 is 2.00 bits per heavy atom. The zero-order valence-electron chi connectivity index (χ0n) is 16.9. The van der Waals surface area contributed by atoms with E-state index in [1.807, 2.05) is 24.3 Å². The summed E-state index contributed by atoms with van der Waals surface area (Å²) in [4.78, 5) is 12.5. The van der Waals surface area contributed by atoms with E-state index >= 15 is 0 Å². The summed E-state index contributed by atoms with van der Waals surface area (Å²) in [6.45, 7) is 13.5. The van der Waals surface area contributed by atoms with Crippen LogP contribution in [0.4, 0.5) is 0 Å². The fraction of sp³-hybridized carbons (Fsp3) is 0.609. The number of carbonyl (C=O) groups is 1. The summed E-state index contributed by atoms with van der Waals surface area (Å²) in [6.07, 6.45) is 8.93. The Balaban J connectivity index is 1.88. The molecule has 138 valence electrons. The maximum Gasteiger partial charge on any atom is 0.251 e. The Bertz CT molecular complexity index is 590. The van der Waals surface area contributed by atoms with Gasteiger partial charge in [0.25, 0.3) is 5.91 Å². The second-order valence-corrected chi connectivity index (χ2v) is 9.71. The van der Waals surface area contributed by atoms with Crippen molar-refractivity contribution in [3.05, 3.63) is 41.5 Å². The monoisotopic (exact) mass is 341 g/mol. The molecule has 1 aromatic rings. The van der Waals surface area contributed by atoms with Gasteiger partial charge in [-0.3, -0.25) is 4.79 Å². The average Bonchev–Trinajstić information content (AvgIpc) is 2.52. The molecule has 1 saturated carbocycles. The van der Waals surface area contributed by atoms with Gasteiger partial charge in [0, 0.05) is 11.6 Å². The van der Waals surface area contributed by atoms with Gasteiger partial charge < -0.3 is 5.32 Å². The summed E-state index contributed by atoms with van der Waals surface area (Å²) >= 11 is 0. The fourth-order valence-corrected chi connectivity index (χ4v) is 3.46. The van der Waals surface area contributed by atoms with Crippen LogP contribution in [0.1, 0.15) is 83.1 Å². The quantitative estimate of drug-likeness (QED) is 0.709. The molecule has 2 heteroatoms. The molecule has 2 nitrogen and oxygen atoms in total. The number of allylic oxidation sites excluding steroid dienone is 1. The van der Waals surface area contributed by atoms with Crippen LogP contribution >= 0.6 is 0 Å². The maximum absolute atomic E-state index is 12.5. The second kappa shape index (κ2) is 7.76. The number of benzene rings is 1. The molecule has 0 saturated heterocycles. The van der Waals surface area contributed by atoms with Gasteiger partial charge in [0.15, 0.2) is 0 Å². The molecule has 1 aromatic carbocycles. The third-order valence-electron chi connectivity index (χ3n) is 5.24. The number of amides is 1. The Hall–Kier alpha value is -1.57. The summed E-state index contributed by atoms with van der Waals surface area (Å²) in [6, 6.07) is 8.23. The number of carbonyl (C=O) groups excluding carboxylic acids is 1. The Morgan fingerprint density at radius 1 is 0.960 bits per heavy atom. The Kier molecular flexibility index (Phi) is 6.13. The SMILES string of the molecule is CC(C)(C)/C=C/c1ccc(C(=O)NC2CCC(C(C)(C)C)CC2)cc1. The van der Waals surface area contributed by atoms with Crippen LogP contribution in [-0.2, 0) is 0 Å². The van der Waals surface area contributed by atoms with Crippen molar-refractivity contribution in [2.75, 3.05) is 0 Å². The molecule has 0 aromatic heterocycles. The van der Waals surface area contributed by atoms with Gasteiger partial charge in [0.1, 0.15) is 0 Å². The molecule has 2 rings (SSSR count). The van der Waals surface area contributed by atoms with E-state index in [0.29, 0.717) is 11.5 Å². The van der Waals surface area contributed by atoms with E-state index in [1.165, 1.54) is 12.8 Å². The van der Waals surface area contributed by atoms with Crippen molar-refractivity contribution in [2.24, 2.45) is 16.7 Å². The molecule has 25 heavy (non-hydrogen) atoms. The largest absolute Gasteiger partial charge is 0.349 e. The first-order chi connectivity index (χ1) is 11.5. The van der Waals surface area contributed by atoms with Crippen LogP contribution in [0.15, 0.2) is 30.3 Å². The van der Waals surface area contributed by atoms with E-state index in [0.717, 1.165) is 29.9 Å². The lowest BCUT2D eigenvalue weighted by molar-refractivity contribution is 0.0904. The first-order valence-corrected chi connectivity index (χ1v) is 9.65. The third-order valence-corrected chi connectivity index (χ3v) is 5.24. The molecule has 1 amide bonds. The van der Waals surface area contributed by atoms with Crippen molar-refractivity contribution in [2.45, 2.75) is 73.3 Å². The van der Waals surface area contributed by atoms with Gasteiger partial charge >= 0.3 is 0 Å². The molecule has 1 aliphatic rings. The molecule has 0 heterocycles. The Labute approximate surface area is 154 Å². The van der Waals surface area contributed by atoms with Gasteiger partial charge in [-0.15, -0.1) is 0 Å². The summed E-state index contributed by atoms with van der Waals surface area (Å²) in [5.74, 6) is 0.833. The molecule has 0 atom stereocenters. The summed E-state index contributed by atoms with van der Waals surface area (Å²) < 4.78 is 0. The Morgan fingerprint density at radius 2 is 1.52 bits per heavy atom. The van der Waals surface area contributed by atoms with Crippen molar-refractivity contribution in [1.29, 1.82) is 0 Å². The molecule has 0 aliphatic heterocycles. The molecule has 1 aliphatic carbocycles. The summed E-state index contributed by atoms with van der Waals surface area (Å²) in [5.41, 5.74) is 2.44. The van der Waals surface area contributed by atoms with Gasteiger partial charge in [0.05, 0.1) is 0 Å². The predicted octanol–water partition coefficient (Wildman–Crippen LogP) is 6.08.